The van der Waals surface area contributed by atoms with E-state index < -0.39 is 0 Å². The lowest BCUT2D eigenvalue weighted by Gasteiger charge is -2.12. The van der Waals surface area contributed by atoms with E-state index in [1.54, 1.807) is 18.2 Å². The first kappa shape index (κ1) is 17.5. The number of aryl methyl sites for hydroxylation is 1. The predicted octanol–water partition coefficient (Wildman–Crippen LogP) is 4.86. The van der Waals surface area contributed by atoms with E-state index in [-0.39, 0.29) is 23.5 Å². The van der Waals surface area contributed by atoms with E-state index in [9.17, 15) is 14.0 Å². The topological polar surface area (TPSA) is 42.3 Å². The Bertz CT molecular complexity index is 1100. The number of para-hydroxylation sites is 1. The normalized spacial score (nSPS) is 16.1. The summed E-state index contributed by atoms with van der Waals surface area (Å²) in [6.45, 7) is 2.13. The number of hydrogen-bond donors (Lipinski definition) is 0. The lowest BCUT2D eigenvalue weighted by Crippen LogP contribution is -2.27. The summed E-state index contributed by atoms with van der Waals surface area (Å²) in [5, 5.41) is 0.733. The second-order valence-electron chi connectivity index (χ2n) is 6.47. The lowest BCUT2D eigenvalue weighted by atomic mass is 10.1. The number of hydrogen-bond acceptors (Lipinski definition) is 3. The Kier molecular flexibility index (Phi) is 4.36. The molecular weight excluding hydrogens is 363 g/mol. The molecule has 0 N–H and O–H groups in total. The van der Waals surface area contributed by atoms with Gasteiger partial charge in [0.05, 0.1) is 11.4 Å². The molecule has 1 aliphatic heterocycles. The fourth-order valence-corrected chi connectivity index (χ4v) is 4.09. The van der Waals surface area contributed by atoms with Crippen molar-refractivity contribution in [2.75, 3.05) is 0 Å². The highest BCUT2D eigenvalue weighted by Crippen LogP contribution is 2.36. The van der Waals surface area contributed by atoms with Crippen molar-refractivity contribution >= 4 is 39.9 Å². The van der Waals surface area contributed by atoms with Gasteiger partial charge >= 0.3 is 0 Å². The van der Waals surface area contributed by atoms with Crippen molar-refractivity contribution in [3.63, 3.8) is 0 Å². The quantitative estimate of drug-likeness (QED) is 0.609. The zero-order chi connectivity index (χ0) is 19.1. The third-order valence-corrected chi connectivity index (χ3v) is 5.76. The van der Waals surface area contributed by atoms with Crippen LogP contribution in [0.3, 0.4) is 0 Å². The Hall–Kier alpha value is -2.86. The monoisotopic (exact) mass is 380 g/mol. The van der Waals surface area contributed by atoms with Crippen LogP contribution in [0.4, 0.5) is 9.18 Å². The van der Waals surface area contributed by atoms with E-state index in [1.807, 2.05) is 38.2 Å². The average molecular weight is 380 g/mol. The fourth-order valence-electron chi connectivity index (χ4n) is 3.27. The van der Waals surface area contributed by atoms with Crippen LogP contribution in [-0.4, -0.2) is 20.6 Å². The smallest absolute Gasteiger partial charge is 0.293 e. The summed E-state index contributed by atoms with van der Waals surface area (Å²) >= 11 is 0.941. The number of aromatic nitrogens is 1. The minimum absolute atomic E-state index is 0.136. The summed E-state index contributed by atoms with van der Waals surface area (Å²) < 4.78 is 15.1. The molecule has 0 spiro atoms. The minimum atomic E-state index is -0.348. The molecule has 2 amide bonds. The maximum Gasteiger partial charge on any atom is 0.293 e. The second-order valence-corrected chi connectivity index (χ2v) is 7.46. The van der Waals surface area contributed by atoms with Crippen molar-refractivity contribution in [2.24, 2.45) is 7.05 Å². The Morgan fingerprint density at radius 2 is 1.78 bits per heavy atom. The SMILES string of the molecule is Cc1c(/C=C2\SC(=O)N(Cc3ccc(F)cc3)C2=O)c2ccccc2n1C. The number of rotatable bonds is 3. The standard InChI is InChI=1S/C21H17FN2O2S/c1-13-17(16-5-3-4-6-18(16)23(13)2)11-19-20(25)24(21(26)27-19)12-14-7-9-15(22)10-8-14/h3-11H,12H2,1-2H3/b19-11-. The van der Waals surface area contributed by atoms with Gasteiger partial charge in [0.15, 0.2) is 0 Å². The van der Waals surface area contributed by atoms with Crippen LogP contribution in [0.2, 0.25) is 0 Å². The van der Waals surface area contributed by atoms with E-state index in [4.69, 9.17) is 0 Å². The maximum absolute atomic E-state index is 13.1. The third kappa shape index (κ3) is 3.06. The molecule has 1 aromatic heterocycles. The average Bonchev–Trinajstić information content (AvgIpc) is 3.07. The first-order valence-electron chi connectivity index (χ1n) is 8.49. The van der Waals surface area contributed by atoms with E-state index in [0.717, 1.165) is 33.9 Å². The summed E-state index contributed by atoms with van der Waals surface area (Å²) in [5.74, 6) is -0.666. The van der Waals surface area contributed by atoms with Gasteiger partial charge in [-0.1, -0.05) is 30.3 Å². The molecule has 1 saturated heterocycles. The number of benzene rings is 2. The van der Waals surface area contributed by atoms with Crippen molar-refractivity contribution < 1.29 is 14.0 Å². The minimum Gasteiger partial charge on any atom is -0.347 e. The molecule has 0 atom stereocenters. The van der Waals surface area contributed by atoms with Crippen LogP contribution in [0.5, 0.6) is 0 Å². The first-order chi connectivity index (χ1) is 13.0. The number of nitrogens with zero attached hydrogens (tertiary/aromatic N) is 2. The van der Waals surface area contributed by atoms with E-state index >= 15 is 0 Å². The molecule has 1 fully saturated rings. The summed E-state index contributed by atoms with van der Waals surface area (Å²) in [4.78, 5) is 26.7. The zero-order valence-electron chi connectivity index (χ0n) is 14.9. The van der Waals surface area contributed by atoms with Gasteiger partial charge in [0, 0.05) is 29.2 Å². The number of fused-ring (bicyclic) bond motifs is 1. The number of carbonyl (C=O) groups excluding carboxylic acids is 2. The molecule has 6 heteroatoms. The van der Waals surface area contributed by atoms with Gasteiger partial charge in [0.25, 0.3) is 11.1 Å². The van der Waals surface area contributed by atoms with Gasteiger partial charge in [0.1, 0.15) is 5.82 Å². The van der Waals surface area contributed by atoms with E-state index in [2.05, 4.69) is 4.57 Å². The Labute approximate surface area is 160 Å². The summed E-state index contributed by atoms with van der Waals surface area (Å²) in [6, 6.07) is 13.8. The maximum atomic E-state index is 13.1. The number of imide groups is 1. The van der Waals surface area contributed by atoms with Crippen molar-refractivity contribution in [3.05, 3.63) is 76.1 Å². The number of halogens is 1. The van der Waals surface area contributed by atoms with Crippen LogP contribution in [0.1, 0.15) is 16.8 Å². The Morgan fingerprint density at radius 3 is 2.52 bits per heavy atom. The van der Waals surface area contributed by atoms with Crippen LogP contribution >= 0.6 is 11.8 Å². The summed E-state index contributed by atoms with van der Waals surface area (Å²) in [6.07, 6.45) is 1.80. The molecule has 0 bridgehead atoms. The molecule has 0 aliphatic carbocycles. The van der Waals surface area contributed by atoms with Crippen molar-refractivity contribution in [3.8, 4) is 0 Å². The van der Waals surface area contributed by atoms with Gasteiger partial charge in [-0.3, -0.25) is 14.5 Å². The molecule has 136 valence electrons. The molecule has 4 rings (SSSR count). The highest BCUT2D eigenvalue weighted by Gasteiger charge is 2.35. The van der Waals surface area contributed by atoms with E-state index in [1.165, 1.54) is 17.0 Å². The van der Waals surface area contributed by atoms with Gasteiger partial charge in [0.2, 0.25) is 0 Å². The number of thioether (sulfide) groups is 1. The molecule has 1 aliphatic rings. The number of amides is 2. The molecule has 4 nitrogen and oxygen atoms in total. The van der Waals surface area contributed by atoms with Crippen molar-refractivity contribution in [1.29, 1.82) is 0 Å². The molecule has 0 unspecified atom stereocenters. The molecule has 2 heterocycles. The van der Waals surface area contributed by atoms with Crippen LogP contribution in [0, 0.1) is 12.7 Å². The second kappa shape index (κ2) is 6.70. The molecule has 0 radical (unpaired) electrons. The molecule has 2 aromatic carbocycles. The van der Waals surface area contributed by atoms with Crippen molar-refractivity contribution in [2.45, 2.75) is 13.5 Å². The summed E-state index contributed by atoms with van der Waals surface area (Å²) in [5.41, 5.74) is 3.76. The fraction of sp³-hybridized carbons (Fsp3) is 0.143. The molecular formula is C21H17FN2O2S. The Balaban J connectivity index is 1.68. The molecule has 3 aromatic rings. The summed E-state index contributed by atoms with van der Waals surface area (Å²) in [7, 11) is 1.98. The Morgan fingerprint density at radius 1 is 1.07 bits per heavy atom. The number of carbonyl (C=O) groups is 2. The lowest BCUT2D eigenvalue weighted by molar-refractivity contribution is -0.123. The predicted molar refractivity (Wildman–Crippen MR) is 106 cm³/mol. The van der Waals surface area contributed by atoms with Crippen LogP contribution < -0.4 is 0 Å². The largest absolute Gasteiger partial charge is 0.347 e. The van der Waals surface area contributed by atoms with Crippen LogP contribution in [-0.2, 0) is 18.4 Å². The van der Waals surface area contributed by atoms with Crippen LogP contribution in [0.25, 0.3) is 17.0 Å². The molecule has 27 heavy (non-hydrogen) atoms. The van der Waals surface area contributed by atoms with Gasteiger partial charge < -0.3 is 4.57 Å². The third-order valence-electron chi connectivity index (χ3n) is 4.85. The molecule has 0 saturated carbocycles. The first-order valence-corrected chi connectivity index (χ1v) is 9.31. The highest BCUT2D eigenvalue weighted by atomic mass is 32.2. The van der Waals surface area contributed by atoms with Crippen LogP contribution in [0.15, 0.2) is 53.4 Å². The highest BCUT2D eigenvalue weighted by molar-refractivity contribution is 8.18. The zero-order valence-corrected chi connectivity index (χ0v) is 15.7. The van der Waals surface area contributed by atoms with E-state index in [0.29, 0.717) is 10.5 Å². The van der Waals surface area contributed by atoms with Gasteiger partial charge in [-0.15, -0.1) is 0 Å². The van der Waals surface area contributed by atoms with Gasteiger partial charge in [-0.2, -0.15) is 0 Å². The van der Waals surface area contributed by atoms with Gasteiger partial charge in [-0.05, 0) is 48.5 Å². The van der Waals surface area contributed by atoms with Gasteiger partial charge in [-0.25, -0.2) is 4.39 Å². The van der Waals surface area contributed by atoms with Crippen molar-refractivity contribution in [1.82, 2.24) is 9.47 Å².